The number of halogens is 2. The van der Waals surface area contributed by atoms with Gasteiger partial charge in [0.25, 0.3) is 0 Å². The fourth-order valence-electron chi connectivity index (χ4n) is 4.32. The van der Waals surface area contributed by atoms with Crippen LogP contribution >= 0.6 is 23.2 Å². The maximum atomic E-state index is 9.92. The molecule has 6 aromatic carbocycles. The topological polar surface area (TPSA) is 20.2 Å². The van der Waals surface area contributed by atoms with E-state index in [0.29, 0.717) is 10.8 Å². The van der Waals surface area contributed by atoms with Crippen molar-refractivity contribution in [1.82, 2.24) is 0 Å². The average Bonchev–Trinajstić information content (AvgIpc) is 2.79. The minimum atomic E-state index is 0.297. The molecule has 32 heavy (non-hydrogen) atoms. The van der Waals surface area contributed by atoms with Crippen molar-refractivity contribution in [3.63, 3.8) is 0 Å². The van der Waals surface area contributed by atoms with Crippen molar-refractivity contribution in [2.24, 2.45) is 0 Å². The van der Waals surface area contributed by atoms with Crippen LogP contribution in [0.1, 0.15) is 5.56 Å². The SMILES string of the molecule is Cc1cc2ccccc2c2cc(Cl)ccc12.Oc1cc2ccccc2c2cc(Cl)ccc12. The molecule has 0 aliphatic rings. The lowest BCUT2D eigenvalue weighted by molar-refractivity contribution is 0.482. The zero-order valence-electron chi connectivity index (χ0n) is 17.4. The maximum absolute atomic E-state index is 9.92. The summed E-state index contributed by atoms with van der Waals surface area (Å²) in [6.07, 6.45) is 0. The van der Waals surface area contributed by atoms with Gasteiger partial charge in [0.15, 0.2) is 0 Å². The van der Waals surface area contributed by atoms with Gasteiger partial charge in [-0.1, -0.05) is 83.9 Å². The summed E-state index contributed by atoms with van der Waals surface area (Å²) >= 11 is 12.1. The Balaban J connectivity index is 0.000000135. The highest BCUT2D eigenvalue weighted by atomic mass is 35.5. The molecule has 6 rings (SSSR count). The van der Waals surface area contributed by atoms with E-state index in [1.54, 1.807) is 12.1 Å². The molecule has 156 valence electrons. The molecule has 3 heteroatoms. The predicted molar refractivity (Wildman–Crippen MR) is 139 cm³/mol. The molecule has 0 saturated heterocycles. The third-order valence-electron chi connectivity index (χ3n) is 5.83. The molecule has 0 radical (unpaired) electrons. The molecule has 6 aromatic rings. The van der Waals surface area contributed by atoms with Gasteiger partial charge in [0, 0.05) is 15.4 Å². The highest BCUT2D eigenvalue weighted by Gasteiger charge is 2.06. The molecule has 0 fully saturated rings. The Hall–Kier alpha value is -3.26. The Kier molecular flexibility index (Phi) is 5.38. The van der Waals surface area contributed by atoms with Crippen LogP contribution in [0.25, 0.3) is 43.1 Å². The summed E-state index contributed by atoms with van der Waals surface area (Å²) in [6.45, 7) is 2.14. The quantitative estimate of drug-likeness (QED) is 0.226. The maximum Gasteiger partial charge on any atom is 0.124 e. The van der Waals surface area contributed by atoms with E-state index in [2.05, 4.69) is 43.3 Å². The number of fused-ring (bicyclic) bond motifs is 6. The van der Waals surface area contributed by atoms with E-state index >= 15 is 0 Å². The number of hydrogen-bond donors (Lipinski definition) is 1. The Morgan fingerprint density at radius 2 is 1.00 bits per heavy atom. The second-order valence-corrected chi connectivity index (χ2v) is 8.78. The number of aromatic hydroxyl groups is 1. The van der Waals surface area contributed by atoms with E-state index in [4.69, 9.17) is 23.2 Å². The lowest BCUT2D eigenvalue weighted by atomic mass is 9.98. The molecule has 0 spiro atoms. The molecular formula is C29H20Cl2O. The fraction of sp³-hybridized carbons (Fsp3) is 0.0345. The van der Waals surface area contributed by atoms with Gasteiger partial charge >= 0.3 is 0 Å². The highest BCUT2D eigenvalue weighted by molar-refractivity contribution is 6.32. The lowest BCUT2D eigenvalue weighted by Gasteiger charge is -2.07. The van der Waals surface area contributed by atoms with Gasteiger partial charge in [-0.25, -0.2) is 0 Å². The lowest BCUT2D eigenvalue weighted by Crippen LogP contribution is -1.82. The molecule has 0 atom stereocenters. The number of rotatable bonds is 0. The van der Waals surface area contributed by atoms with Crippen molar-refractivity contribution < 1.29 is 5.11 Å². The number of phenols is 1. The summed E-state index contributed by atoms with van der Waals surface area (Å²) in [5, 5.41) is 20.4. The van der Waals surface area contributed by atoms with Crippen LogP contribution in [-0.4, -0.2) is 5.11 Å². The van der Waals surface area contributed by atoms with Crippen LogP contribution in [0.4, 0.5) is 0 Å². The van der Waals surface area contributed by atoms with E-state index < -0.39 is 0 Å². The highest BCUT2D eigenvalue weighted by Crippen LogP contribution is 2.34. The summed E-state index contributed by atoms with van der Waals surface area (Å²) in [4.78, 5) is 0. The first-order chi connectivity index (χ1) is 15.5. The molecule has 1 nitrogen and oxygen atoms in total. The van der Waals surface area contributed by atoms with Crippen molar-refractivity contribution in [2.45, 2.75) is 6.92 Å². The normalized spacial score (nSPS) is 11.1. The second kappa shape index (κ2) is 8.35. The molecule has 0 aliphatic carbocycles. The summed E-state index contributed by atoms with van der Waals surface area (Å²) in [5.74, 6) is 0.297. The van der Waals surface area contributed by atoms with E-state index in [1.165, 1.54) is 27.1 Å². The standard InChI is InChI=1S/C15H11Cl.C14H9ClO/c1-10-8-11-4-2-3-5-14(11)15-9-12(16)6-7-13(10)15;15-10-5-6-12-13(8-10)11-4-2-1-3-9(11)7-14(12)16/h2-9H,1H3;1-8,16H. The van der Waals surface area contributed by atoms with Crippen LogP contribution in [0, 0.1) is 6.92 Å². The first-order valence-electron chi connectivity index (χ1n) is 10.4. The van der Waals surface area contributed by atoms with Gasteiger partial charge in [-0.05, 0) is 86.6 Å². The minimum absolute atomic E-state index is 0.297. The number of benzene rings is 6. The molecule has 0 amide bonds. The smallest absolute Gasteiger partial charge is 0.124 e. The van der Waals surface area contributed by atoms with Gasteiger partial charge in [-0.15, -0.1) is 0 Å². The summed E-state index contributed by atoms with van der Waals surface area (Å²) in [6, 6.07) is 32.0. The van der Waals surface area contributed by atoms with Gasteiger partial charge in [-0.3, -0.25) is 0 Å². The zero-order valence-corrected chi connectivity index (χ0v) is 19.0. The molecule has 0 heterocycles. The van der Waals surface area contributed by atoms with Crippen molar-refractivity contribution >= 4 is 66.3 Å². The zero-order chi connectivity index (χ0) is 22.2. The predicted octanol–water partition coefficient (Wildman–Crippen LogP) is 9.31. The molecule has 0 aliphatic heterocycles. The van der Waals surface area contributed by atoms with Crippen LogP contribution in [0.15, 0.2) is 97.1 Å². The Morgan fingerprint density at radius 1 is 0.500 bits per heavy atom. The summed E-state index contributed by atoms with van der Waals surface area (Å²) in [7, 11) is 0. The Morgan fingerprint density at radius 3 is 1.62 bits per heavy atom. The third-order valence-corrected chi connectivity index (χ3v) is 6.30. The fourth-order valence-corrected chi connectivity index (χ4v) is 4.66. The van der Waals surface area contributed by atoms with Gasteiger partial charge in [-0.2, -0.15) is 0 Å². The summed E-state index contributed by atoms with van der Waals surface area (Å²) in [5.41, 5.74) is 1.30. The first-order valence-corrected chi connectivity index (χ1v) is 11.1. The van der Waals surface area contributed by atoms with E-state index in [-0.39, 0.29) is 0 Å². The monoisotopic (exact) mass is 454 g/mol. The number of hydrogen-bond acceptors (Lipinski definition) is 1. The van der Waals surface area contributed by atoms with Gasteiger partial charge in [0.05, 0.1) is 0 Å². The first kappa shape index (κ1) is 20.6. The minimum Gasteiger partial charge on any atom is -0.507 e. The average molecular weight is 455 g/mol. The Bertz CT molecular complexity index is 1500. The van der Waals surface area contributed by atoms with Crippen molar-refractivity contribution in [1.29, 1.82) is 0 Å². The van der Waals surface area contributed by atoms with E-state index in [1.807, 2.05) is 48.5 Å². The summed E-state index contributed by atoms with van der Waals surface area (Å²) < 4.78 is 0. The molecule has 0 unspecified atom stereocenters. The van der Waals surface area contributed by atoms with Gasteiger partial charge in [0.1, 0.15) is 5.75 Å². The van der Waals surface area contributed by atoms with Crippen molar-refractivity contribution in [3.8, 4) is 5.75 Å². The molecule has 0 bridgehead atoms. The van der Waals surface area contributed by atoms with Crippen LogP contribution in [0.5, 0.6) is 5.75 Å². The van der Waals surface area contributed by atoms with E-state index in [0.717, 1.165) is 26.6 Å². The third kappa shape index (κ3) is 3.75. The Labute approximate surface area is 196 Å². The van der Waals surface area contributed by atoms with Crippen LogP contribution in [0.2, 0.25) is 10.0 Å². The van der Waals surface area contributed by atoms with Gasteiger partial charge < -0.3 is 5.11 Å². The van der Waals surface area contributed by atoms with Crippen molar-refractivity contribution in [2.75, 3.05) is 0 Å². The number of phenolic OH excluding ortho intramolecular Hbond substituents is 1. The molecular weight excluding hydrogens is 435 g/mol. The molecule has 1 N–H and O–H groups in total. The second-order valence-electron chi connectivity index (χ2n) is 7.91. The van der Waals surface area contributed by atoms with Gasteiger partial charge in [0.2, 0.25) is 0 Å². The molecule has 0 aromatic heterocycles. The largest absolute Gasteiger partial charge is 0.507 e. The van der Waals surface area contributed by atoms with Crippen molar-refractivity contribution in [3.05, 3.63) is 113 Å². The van der Waals surface area contributed by atoms with E-state index in [9.17, 15) is 5.11 Å². The van der Waals surface area contributed by atoms with Crippen LogP contribution < -0.4 is 0 Å². The molecule has 0 saturated carbocycles. The van der Waals surface area contributed by atoms with Crippen LogP contribution in [0.3, 0.4) is 0 Å². The number of aryl methyl sites for hydroxylation is 1. The van der Waals surface area contributed by atoms with Crippen LogP contribution in [-0.2, 0) is 0 Å².